The van der Waals surface area contributed by atoms with E-state index in [1.54, 1.807) is 5.57 Å². The van der Waals surface area contributed by atoms with Gasteiger partial charge in [0.05, 0.1) is 0 Å². The van der Waals surface area contributed by atoms with Crippen molar-refractivity contribution in [1.29, 1.82) is 0 Å². The minimum Gasteiger partial charge on any atom is -0.267 e. The second kappa shape index (κ2) is 6.29. The van der Waals surface area contributed by atoms with Crippen molar-refractivity contribution in [2.24, 2.45) is 5.92 Å². The molecule has 2 aliphatic rings. The summed E-state index contributed by atoms with van der Waals surface area (Å²) in [4.78, 5) is 0. The van der Waals surface area contributed by atoms with Gasteiger partial charge in [0.15, 0.2) is 0 Å². The fraction of sp³-hybridized carbons (Fsp3) is 0.750. The fourth-order valence-corrected chi connectivity index (χ4v) is 6.16. The first-order valence-electron chi connectivity index (χ1n) is 7.56. The molecule has 0 aromatic carbocycles. The molecule has 0 radical (unpaired) electrons. The molecular formula is C16H29NS. The van der Waals surface area contributed by atoms with E-state index in [1.807, 2.05) is 0 Å². The molecule has 2 rings (SSSR count). The van der Waals surface area contributed by atoms with Crippen LogP contribution in [0.25, 0.3) is 0 Å². The second-order valence-corrected chi connectivity index (χ2v) is 9.20. The van der Waals surface area contributed by atoms with Crippen LogP contribution in [0.5, 0.6) is 0 Å². The van der Waals surface area contributed by atoms with Crippen molar-refractivity contribution in [2.45, 2.75) is 51.9 Å². The van der Waals surface area contributed by atoms with Crippen molar-refractivity contribution in [3.05, 3.63) is 22.5 Å². The molecule has 0 amide bonds. The first-order chi connectivity index (χ1) is 8.68. The topological polar surface area (TPSA) is 3.24 Å². The fourth-order valence-electron chi connectivity index (χ4n) is 3.22. The third-order valence-corrected chi connectivity index (χ3v) is 8.08. The van der Waals surface area contributed by atoms with E-state index in [1.165, 1.54) is 50.7 Å². The molecule has 1 unspecified atom stereocenters. The Kier molecular flexibility index (Phi) is 4.97. The maximum Gasteiger partial charge on any atom is -0.00375 e. The van der Waals surface area contributed by atoms with Gasteiger partial charge in [-0.2, -0.15) is 0 Å². The highest BCUT2D eigenvalue weighted by molar-refractivity contribution is 8.36. The van der Waals surface area contributed by atoms with E-state index in [0.29, 0.717) is 0 Å². The monoisotopic (exact) mass is 267 g/mol. The van der Waals surface area contributed by atoms with Crippen LogP contribution in [0.3, 0.4) is 0 Å². The molecule has 0 aromatic rings. The van der Waals surface area contributed by atoms with Crippen LogP contribution in [0, 0.1) is 5.92 Å². The highest BCUT2D eigenvalue weighted by atomic mass is 32.3. The summed E-state index contributed by atoms with van der Waals surface area (Å²) in [6.45, 7) is 2.31. The SMILES string of the molecule is CCCS1(N(C)C)C=CC(C2CCCCCC2)=C1. The van der Waals surface area contributed by atoms with E-state index >= 15 is 0 Å². The normalized spacial score (nSPS) is 33.2. The number of rotatable bonds is 4. The van der Waals surface area contributed by atoms with Gasteiger partial charge >= 0.3 is 0 Å². The summed E-state index contributed by atoms with van der Waals surface area (Å²) < 4.78 is 2.47. The molecule has 2 heteroatoms. The lowest BCUT2D eigenvalue weighted by atomic mass is 9.93. The van der Waals surface area contributed by atoms with Gasteiger partial charge in [0.25, 0.3) is 0 Å². The Morgan fingerprint density at radius 1 is 1.17 bits per heavy atom. The molecule has 1 nitrogen and oxygen atoms in total. The van der Waals surface area contributed by atoms with Crippen LogP contribution >= 0.6 is 10.2 Å². The zero-order valence-corrected chi connectivity index (χ0v) is 13.1. The summed E-state index contributed by atoms with van der Waals surface area (Å²) in [6.07, 6.45) is 12.4. The quantitative estimate of drug-likeness (QED) is 0.644. The summed E-state index contributed by atoms with van der Waals surface area (Å²) >= 11 is 0. The van der Waals surface area contributed by atoms with Crippen molar-refractivity contribution < 1.29 is 0 Å². The van der Waals surface area contributed by atoms with Crippen LogP contribution < -0.4 is 0 Å². The number of hydrogen-bond donors (Lipinski definition) is 0. The van der Waals surface area contributed by atoms with E-state index in [4.69, 9.17) is 0 Å². The molecule has 104 valence electrons. The molecule has 0 aromatic heterocycles. The molecule has 0 bridgehead atoms. The maximum atomic E-state index is 2.65. The molecule has 1 fully saturated rings. The van der Waals surface area contributed by atoms with Gasteiger partial charge in [-0.15, -0.1) is 10.2 Å². The summed E-state index contributed by atoms with van der Waals surface area (Å²) in [5.74, 6) is 2.18. The van der Waals surface area contributed by atoms with Crippen LogP contribution in [0.15, 0.2) is 22.5 Å². The van der Waals surface area contributed by atoms with Gasteiger partial charge in [0.2, 0.25) is 0 Å². The lowest BCUT2D eigenvalue weighted by molar-refractivity contribution is 0.541. The zero-order valence-electron chi connectivity index (χ0n) is 12.3. The third kappa shape index (κ3) is 3.03. The Labute approximate surface area is 115 Å². The predicted molar refractivity (Wildman–Crippen MR) is 84.9 cm³/mol. The first-order valence-corrected chi connectivity index (χ1v) is 9.45. The molecule has 0 spiro atoms. The smallest absolute Gasteiger partial charge is 0.00375 e. The number of allylic oxidation sites excluding steroid dienone is 2. The number of nitrogens with zero attached hydrogens (tertiary/aromatic N) is 1. The standard InChI is InChI=1S/C16H29NS/c1-4-12-18(17(2)3)13-11-16(14-18)15-9-7-5-6-8-10-15/h11,13-15H,4-10,12H2,1-3H3. The van der Waals surface area contributed by atoms with Crippen molar-refractivity contribution in [3.8, 4) is 0 Å². The average molecular weight is 267 g/mol. The predicted octanol–water partition coefficient (Wildman–Crippen LogP) is 5.06. The molecule has 0 saturated heterocycles. The zero-order chi connectivity index (χ0) is 13.0. The van der Waals surface area contributed by atoms with E-state index in [-0.39, 0.29) is 0 Å². The molecule has 1 heterocycles. The molecular weight excluding hydrogens is 238 g/mol. The Morgan fingerprint density at radius 2 is 1.83 bits per heavy atom. The van der Waals surface area contributed by atoms with Crippen molar-refractivity contribution in [3.63, 3.8) is 0 Å². The van der Waals surface area contributed by atoms with E-state index in [2.05, 4.69) is 42.2 Å². The van der Waals surface area contributed by atoms with Crippen LogP contribution in [0.4, 0.5) is 0 Å². The summed E-state index contributed by atoms with van der Waals surface area (Å²) in [6, 6.07) is 0. The lowest BCUT2D eigenvalue weighted by Crippen LogP contribution is -2.17. The van der Waals surface area contributed by atoms with Crippen LogP contribution in [-0.4, -0.2) is 24.2 Å². The molecule has 1 atom stereocenters. The minimum atomic E-state index is -0.748. The highest BCUT2D eigenvalue weighted by Gasteiger charge is 2.27. The van der Waals surface area contributed by atoms with Gasteiger partial charge < -0.3 is 0 Å². The summed E-state index contributed by atoms with van der Waals surface area (Å²) in [5, 5.41) is 5.17. The Balaban J connectivity index is 2.12. The van der Waals surface area contributed by atoms with Crippen LogP contribution in [-0.2, 0) is 0 Å². The summed E-state index contributed by atoms with van der Waals surface area (Å²) in [7, 11) is 3.76. The van der Waals surface area contributed by atoms with Gasteiger partial charge in [-0.25, -0.2) is 0 Å². The minimum absolute atomic E-state index is 0.748. The Hall–Kier alpha value is -0.210. The van der Waals surface area contributed by atoms with E-state index in [9.17, 15) is 0 Å². The highest BCUT2D eigenvalue weighted by Crippen LogP contribution is 2.58. The Morgan fingerprint density at radius 3 is 2.39 bits per heavy atom. The second-order valence-electron chi connectivity index (χ2n) is 5.93. The molecule has 1 saturated carbocycles. The van der Waals surface area contributed by atoms with Crippen molar-refractivity contribution in [1.82, 2.24) is 4.31 Å². The summed E-state index contributed by atoms with van der Waals surface area (Å²) in [5.41, 5.74) is 1.66. The van der Waals surface area contributed by atoms with Gasteiger partial charge in [0, 0.05) is 0 Å². The van der Waals surface area contributed by atoms with Gasteiger partial charge in [-0.3, -0.25) is 4.31 Å². The van der Waals surface area contributed by atoms with Gasteiger partial charge in [0.1, 0.15) is 0 Å². The van der Waals surface area contributed by atoms with Gasteiger partial charge in [-0.05, 0) is 61.4 Å². The van der Waals surface area contributed by atoms with Crippen LogP contribution in [0.2, 0.25) is 0 Å². The molecule has 1 aliphatic carbocycles. The lowest BCUT2D eigenvalue weighted by Gasteiger charge is -2.38. The first kappa shape index (κ1) is 14.2. The van der Waals surface area contributed by atoms with E-state index in [0.717, 1.165) is 5.92 Å². The largest absolute Gasteiger partial charge is 0.267 e. The van der Waals surface area contributed by atoms with Gasteiger partial charge in [-0.1, -0.05) is 38.7 Å². The Bertz CT molecular complexity index is 324. The number of hydrogen-bond acceptors (Lipinski definition) is 1. The van der Waals surface area contributed by atoms with E-state index < -0.39 is 10.2 Å². The molecule has 18 heavy (non-hydrogen) atoms. The average Bonchev–Trinajstić information content (AvgIpc) is 2.61. The third-order valence-electron chi connectivity index (χ3n) is 4.37. The van der Waals surface area contributed by atoms with Crippen molar-refractivity contribution >= 4 is 10.2 Å². The van der Waals surface area contributed by atoms with Crippen LogP contribution in [0.1, 0.15) is 51.9 Å². The molecule has 1 aliphatic heterocycles. The molecule has 0 N–H and O–H groups in total. The van der Waals surface area contributed by atoms with Crippen molar-refractivity contribution in [2.75, 3.05) is 19.8 Å². The maximum absolute atomic E-state index is 2.65.